The van der Waals surface area contributed by atoms with E-state index in [-0.39, 0.29) is 13.0 Å². The van der Waals surface area contributed by atoms with Crippen molar-refractivity contribution in [1.29, 1.82) is 0 Å². The van der Waals surface area contributed by atoms with Crippen LogP contribution in [-0.4, -0.2) is 65.4 Å². The van der Waals surface area contributed by atoms with Gasteiger partial charge in [-0.1, -0.05) is 4.98 Å². The molecule has 1 atom stereocenters. The zero-order valence-electron chi connectivity index (χ0n) is 16.9. The average molecular weight is 408 g/mol. The molecule has 1 amide bonds. The molecule has 11 nitrogen and oxygen atoms in total. The minimum absolute atomic E-state index is 0.237. The van der Waals surface area contributed by atoms with Gasteiger partial charge in [0.25, 0.3) is 0 Å². The van der Waals surface area contributed by atoms with Gasteiger partial charge in [-0.25, -0.2) is 14.2 Å². The predicted octanol–water partition coefficient (Wildman–Crippen LogP) is 0.400. The van der Waals surface area contributed by atoms with Crippen LogP contribution >= 0.6 is 0 Å². The second kappa shape index (κ2) is 11.1. The molecular weight excluding hydrogens is 378 g/mol. The van der Waals surface area contributed by atoms with Gasteiger partial charge < -0.3 is 25.8 Å². The van der Waals surface area contributed by atoms with Gasteiger partial charge in [-0.05, 0) is 38.6 Å². The summed E-state index contributed by atoms with van der Waals surface area (Å²) in [5.41, 5.74) is 7.10. The number of imidazole rings is 1. The third-order valence-electron chi connectivity index (χ3n) is 4.43. The highest BCUT2D eigenvalue weighted by molar-refractivity contribution is 5.80. The van der Waals surface area contributed by atoms with Crippen LogP contribution in [0.25, 0.3) is 11.2 Å². The summed E-state index contributed by atoms with van der Waals surface area (Å²) < 4.78 is 7.10. The number of hydrogen-bond donors (Lipinski definition) is 4. The molecular formula is C18H30N7O4+. The number of nitrogens with two attached hydrogens (primary N) is 1. The van der Waals surface area contributed by atoms with E-state index >= 15 is 0 Å². The van der Waals surface area contributed by atoms with Gasteiger partial charge in [0.05, 0.1) is 13.2 Å². The van der Waals surface area contributed by atoms with Crippen LogP contribution in [0.3, 0.4) is 0 Å². The van der Waals surface area contributed by atoms with Gasteiger partial charge in [0.15, 0.2) is 18.5 Å². The van der Waals surface area contributed by atoms with Gasteiger partial charge in [-0.15, -0.1) is 0 Å². The molecule has 5 N–H and O–H groups in total. The molecule has 11 heteroatoms. The molecule has 0 aliphatic carbocycles. The van der Waals surface area contributed by atoms with Crippen molar-refractivity contribution < 1.29 is 24.0 Å². The lowest BCUT2D eigenvalue weighted by atomic mass is 10.1. The van der Waals surface area contributed by atoms with E-state index in [1.807, 2.05) is 29.9 Å². The Bertz CT molecular complexity index is 809. The van der Waals surface area contributed by atoms with Gasteiger partial charge in [-0.2, -0.15) is 4.98 Å². The molecule has 0 radical (unpaired) electrons. The number of H-pyrrole nitrogens is 1. The van der Waals surface area contributed by atoms with E-state index in [9.17, 15) is 9.59 Å². The number of aliphatic carboxylic acids is 1. The van der Waals surface area contributed by atoms with Crippen molar-refractivity contribution in [3.8, 4) is 0 Å². The second-order valence-corrected chi connectivity index (χ2v) is 6.92. The third-order valence-corrected chi connectivity index (χ3v) is 4.43. The van der Waals surface area contributed by atoms with Gasteiger partial charge in [0.1, 0.15) is 6.04 Å². The Morgan fingerprint density at radius 1 is 1.31 bits per heavy atom. The Morgan fingerprint density at radius 2 is 2.10 bits per heavy atom. The van der Waals surface area contributed by atoms with Crippen molar-refractivity contribution in [3.63, 3.8) is 0 Å². The van der Waals surface area contributed by atoms with Gasteiger partial charge in [0.2, 0.25) is 5.52 Å². The fraction of sp³-hybridized carbons (Fsp3) is 0.611. The lowest BCUT2D eigenvalue weighted by Gasteiger charge is -2.14. The largest absolute Gasteiger partial charge is 0.480 e. The summed E-state index contributed by atoms with van der Waals surface area (Å²) in [6.45, 7) is 1.38. The minimum atomic E-state index is -1.09. The van der Waals surface area contributed by atoms with Gasteiger partial charge >= 0.3 is 17.7 Å². The lowest BCUT2D eigenvalue weighted by Crippen LogP contribution is -2.41. The molecule has 0 saturated carbocycles. The number of anilines is 1. The molecule has 2 heterocycles. The first-order valence-corrected chi connectivity index (χ1v) is 9.69. The van der Waals surface area contributed by atoms with E-state index < -0.39 is 18.1 Å². The van der Waals surface area contributed by atoms with Crippen LogP contribution < -0.4 is 20.5 Å². The molecule has 0 aromatic carbocycles. The number of alkyl carbamates (subject to hydrolysis) is 1. The van der Waals surface area contributed by atoms with Crippen LogP contribution in [0.5, 0.6) is 0 Å². The number of carboxylic acids is 1. The highest BCUT2D eigenvalue weighted by Gasteiger charge is 2.20. The van der Waals surface area contributed by atoms with Crippen LogP contribution in [0.4, 0.5) is 10.6 Å². The zero-order chi connectivity index (χ0) is 21.2. The van der Waals surface area contributed by atoms with Crippen LogP contribution in [0, 0.1) is 0 Å². The molecule has 0 aliphatic rings. The summed E-state index contributed by atoms with van der Waals surface area (Å²) in [5, 5.41) is 11.4. The summed E-state index contributed by atoms with van der Waals surface area (Å²) in [7, 11) is 3.86. The van der Waals surface area contributed by atoms with Gasteiger partial charge in [0, 0.05) is 14.1 Å². The van der Waals surface area contributed by atoms with Crippen molar-refractivity contribution in [2.75, 3.05) is 32.1 Å². The summed E-state index contributed by atoms with van der Waals surface area (Å²) in [6, 6.07) is -0.974. The van der Waals surface area contributed by atoms with Crippen molar-refractivity contribution in [2.45, 2.75) is 44.7 Å². The minimum Gasteiger partial charge on any atom is -0.480 e. The number of carbonyl (C=O) groups is 2. The Hall–Kier alpha value is -2.95. The Labute approximate surface area is 169 Å². The van der Waals surface area contributed by atoms with Crippen molar-refractivity contribution >= 4 is 29.0 Å². The first-order valence-electron chi connectivity index (χ1n) is 9.69. The molecule has 0 saturated heterocycles. The highest BCUT2D eigenvalue weighted by Crippen LogP contribution is 2.16. The summed E-state index contributed by atoms with van der Waals surface area (Å²) in [6.07, 6.45) is 5.94. The number of hydrogen-bond acceptors (Lipinski definition) is 7. The fourth-order valence-electron chi connectivity index (χ4n) is 2.92. The molecule has 0 bridgehead atoms. The van der Waals surface area contributed by atoms with E-state index in [0.717, 1.165) is 36.4 Å². The quantitative estimate of drug-likeness (QED) is 0.291. The van der Waals surface area contributed by atoms with Crippen molar-refractivity contribution in [1.82, 2.24) is 20.3 Å². The lowest BCUT2D eigenvalue weighted by molar-refractivity contribution is -0.673. The van der Waals surface area contributed by atoms with E-state index in [2.05, 4.69) is 20.3 Å². The van der Waals surface area contributed by atoms with E-state index in [4.69, 9.17) is 15.6 Å². The third kappa shape index (κ3) is 6.56. The number of ether oxygens (including phenoxy) is 1. The van der Waals surface area contributed by atoms with Crippen molar-refractivity contribution in [3.05, 3.63) is 12.7 Å². The smallest absolute Gasteiger partial charge is 0.407 e. The standard InChI is InChI=1S/C18H29N7O4/c1-24(2)15-14-16(21-11-20-15)25(12-22-14)9-4-3-5-10-29-18(28)23-13(17(26)27)7-6-8-19/h11-13H,3-10,19H2,1-2H3,(H2,23,26,27,28)/p+1/t13-/m0/s1. The monoisotopic (exact) mass is 408 g/mol. The Morgan fingerprint density at radius 3 is 2.79 bits per heavy atom. The maximum Gasteiger partial charge on any atom is 0.407 e. The average Bonchev–Trinajstić information content (AvgIpc) is 3.10. The number of fused-ring (bicyclic) bond motifs is 1. The first kappa shape index (κ1) is 22.3. The van der Waals surface area contributed by atoms with Crippen LogP contribution in [0.1, 0.15) is 32.1 Å². The number of aryl methyl sites for hydroxylation is 1. The summed E-state index contributed by atoms with van der Waals surface area (Å²) in [4.78, 5) is 36.6. The molecule has 2 rings (SSSR count). The molecule has 0 unspecified atom stereocenters. The topological polar surface area (TPSA) is 150 Å². The van der Waals surface area contributed by atoms with E-state index in [1.54, 1.807) is 6.33 Å². The predicted molar refractivity (Wildman–Crippen MR) is 106 cm³/mol. The maximum absolute atomic E-state index is 11.7. The number of amides is 1. The van der Waals surface area contributed by atoms with Crippen LogP contribution in [0.15, 0.2) is 12.7 Å². The first-order chi connectivity index (χ1) is 13.9. The number of carbonyl (C=O) groups excluding carboxylic acids is 1. The number of carboxylic acid groups (broad SMARTS) is 1. The SMILES string of the molecule is CN(C)c1ncnc2c1[nH]c[n+]2CCCCCOC(=O)N[C@@H](CCCN)C(=O)O. The molecule has 160 valence electrons. The second-order valence-electron chi connectivity index (χ2n) is 6.92. The number of rotatable bonds is 12. The highest BCUT2D eigenvalue weighted by atomic mass is 16.5. The van der Waals surface area contributed by atoms with Gasteiger partial charge in [-0.3, -0.25) is 4.98 Å². The van der Waals surface area contributed by atoms with Crippen LogP contribution in [0.2, 0.25) is 0 Å². The normalized spacial score (nSPS) is 12.0. The van der Waals surface area contributed by atoms with Crippen LogP contribution in [-0.2, 0) is 16.1 Å². The van der Waals surface area contributed by atoms with E-state index in [1.165, 1.54) is 0 Å². The fourth-order valence-corrected chi connectivity index (χ4v) is 2.92. The zero-order valence-corrected chi connectivity index (χ0v) is 16.9. The molecule has 29 heavy (non-hydrogen) atoms. The number of unbranched alkanes of at least 4 members (excludes halogenated alkanes) is 2. The number of nitrogens with one attached hydrogen (secondary N) is 2. The Balaban J connectivity index is 1.70. The summed E-state index contributed by atoms with van der Waals surface area (Å²) >= 11 is 0. The van der Waals surface area contributed by atoms with E-state index in [0.29, 0.717) is 19.4 Å². The molecule has 0 aliphatic heterocycles. The number of nitrogens with zero attached hydrogens (tertiary/aromatic N) is 4. The summed E-state index contributed by atoms with van der Waals surface area (Å²) in [5.74, 6) is -0.258. The van der Waals surface area contributed by atoms with Crippen molar-refractivity contribution in [2.24, 2.45) is 5.73 Å². The molecule has 2 aromatic rings. The Kier molecular flexibility index (Phi) is 8.59. The maximum atomic E-state index is 11.7. The molecule has 0 spiro atoms. The molecule has 0 fully saturated rings. The number of aromatic amines is 1. The molecule has 2 aromatic heterocycles. The number of aromatic nitrogens is 4.